The number of carbonyl (C=O) groups is 4. The molecule has 0 saturated carbocycles. The zero-order chi connectivity index (χ0) is 15.8. The molecule has 1 atom stereocenters. The lowest BCUT2D eigenvalue weighted by Crippen LogP contribution is -2.66. The van der Waals surface area contributed by atoms with Crippen LogP contribution in [0.3, 0.4) is 0 Å². The van der Waals surface area contributed by atoms with Crippen molar-refractivity contribution < 1.29 is 19.2 Å². The summed E-state index contributed by atoms with van der Waals surface area (Å²) in [7, 11) is 0. The summed E-state index contributed by atoms with van der Waals surface area (Å²) >= 11 is 0. The first-order chi connectivity index (χ1) is 9.76. The molecule has 0 aromatic rings. The molecule has 0 spiro atoms. The van der Waals surface area contributed by atoms with Crippen molar-refractivity contribution >= 4 is 23.8 Å². The van der Waals surface area contributed by atoms with Gasteiger partial charge < -0.3 is 4.90 Å². The van der Waals surface area contributed by atoms with Gasteiger partial charge in [-0.25, -0.2) is 4.79 Å². The van der Waals surface area contributed by atoms with Crippen molar-refractivity contribution in [3.63, 3.8) is 0 Å². The molecule has 2 rings (SSSR count). The predicted molar refractivity (Wildman–Crippen MR) is 74.1 cm³/mol. The van der Waals surface area contributed by atoms with Crippen molar-refractivity contribution in [3.8, 4) is 0 Å². The lowest BCUT2D eigenvalue weighted by Gasteiger charge is -2.39. The van der Waals surface area contributed by atoms with E-state index in [-0.39, 0.29) is 5.91 Å². The maximum atomic E-state index is 12.4. The summed E-state index contributed by atoms with van der Waals surface area (Å²) in [4.78, 5) is 51.0. The Bertz CT molecular complexity index is 494. The van der Waals surface area contributed by atoms with Crippen LogP contribution in [-0.4, -0.2) is 52.7 Å². The molecule has 1 N–H and O–H groups in total. The Labute approximate surface area is 123 Å². The number of imide groups is 2. The van der Waals surface area contributed by atoms with Crippen LogP contribution in [0, 0.1) is 5.41 Å². The van der Waals surface area contributed by atoms with E-state index < -0.39 is 29.3 Å². The van der Waals surface area contributed by atoms with E-state index in [0.717, 1.165) is 24.2 Å². The van der Waals surface area contributed by atoms with Gasteiger partial charge in [-0.15, -0.1) is 0 Å². The minimum absolute atomic E-state index is 0.247. The SMILES string of the molecule is CC(C(=O)N1CCCCC1)N1C(=O)NC(=O)C(C)(C)C1=O. The summed E-state index contributed by atoms with van der Waals surface area (Å²) in [5, 5.41) is 2.15. The molecule has 2 heterocycles. The maximum absolute atomic E-state index is 12.4. The molecule has 0 bridgehead atoms. The highest BCUT2D eigenvalue weighted by molar-refractivity contribution is 6.19. The van der Waals surface area contributed by atoms with Gasteiger partial charge >= 0.3 is 6.03 Å². The molecule has 21 heavy (non-hydrogen) atoms. The minimum atomic E-state index is -1.34. The van der Waals surface area contributed by atoms with Gasteiger partial charge in [0.25, 0.3) is 0 Å². The molecule has 2 aliphatic rings. The second-order valence-corrected chi connectivity index (χ2v) is 6.12. The quantitative estimate of drug-likeness (QED) is 0.751. The highest BCUT2D eigenvalue weighted by Gasteiger charge is 2.50. The first kappa shape index (κ1) is 15.5. The summed E-state index contributed by atoms with van der Waals surface area (Å²) in [5.41, 5.74) is -1.34. The molecule has 7 heteroatoms. The molecule has 1 unspecified atom stereocenters. The number of rotatable bonds is 2. The van der Waals surface area contributed by atoms with Crippen LogP contribution < -0.4 is 5.32 Å². The van der Waals surface area contributed by atoms with Crippen molar-refractivity contribution in [2.75, 3.05) is 13.1 Å². The van der Waals surface area contributed by atoms with E-state index in [9.17, 15) is 19.2 Å². The van der Waals surface area contributed by atoms with Crippen molar-refractivity contribution in [2.24, 2.45) is 5.41 Å². The Morgan fingerprint density at radius 2 is 1.71 bits per heavy atom. The Hall–Kier alpha value is -1.92. The fraction of sp³-hybridized carbons (Fsp3) is 0.714. The number of nitrogens with one attached hydrogen (secondary N) is 1. The normalized spacial score (nSPS) is 23.9. The zero-order valence-electron chi connectivity index (χ0n) is 12.6. The Morgan fingerprint density at radius 1 is 1.14 bits per heavy atom. The molecule has 0 aliphatic carbocycles. The molecule has 5 amide bonds. The number of hydrogen-bond donors (Lipinski definition) is 1. The molecule has 0 aromatic heterocycles. The number of barbiturate groups is 1. The Kier molecular flexibility index (Phi) is 4.02. The predicted octanol–water partition coefficient (Wildman–Crippen LogP) is 0.492. The standard InChI is InChI=1S/C14H21N3O4/c1-9(10(18)16-7-5-4-6-8-16)17-12(20)14(2,3)11(19)15-13(17)21/h9H,4-8H2,1-3H3,(H,15,19,21). The smallest absolute Gasteiger partial charge is 0.331 e. The Balaban J connectivity index is 2.18. The highest BCUT2D eigenvalue weighted by Crippen LogP contribution is 2.25. The molecule has 7 nitrogen and oxygen atoms in total. The molecule has 2 fully saturated rings. The number of piperidine rings is 1. The summed E-state index contributed by atoms with van der Waals surface area (Å²) in [5.74, 6) is -1.51. The van der Waals surface area contributed by atoms with Gasteiger partial charge in [-0.3, -0.25) is 24.6 Å². The van der Waals surface area contributed by atoms with Crippen LogP contribution in [0.1, 0.15) is 40.0 Å². The van der Waals surface area contributed by atoms with Gasteiger partial charge in [-0.2, -0.15) is 0 Å². The number of urea groups is 1. The molecular formula is C14H21N3O4. The van der Waals surface area contributed by atoms with Crippen molar-refractivity contribution in [3.05, 3.63) is 0 Å². The van der Waals surface area contributed by atoms with Gasteiger partial charge in [-0.05, 0) is 40.0 Å². The lowest BCUT2D eigenvalue weighted by molar-refractivity contribution is -0.154. The van der Waals surface area contributed by atoms with Crippen molar-refractivity contribution in [1.29, 1.82) is 0 Å². The Morgan fingerprint density at radius 3 is 2.29 bits per heavy atom. The van der Waals surface area contributed by atoms with Crippen LogP contribution in [0.15, 0.2) is 0 Å². The van der Waals surface area contributed by atoms with E-state index in [1.807, 2.05) is 0 Å². The van der Waals surface area contributed by atoms with Crippen LogP contribution in [0.4, 0.5) is 4.79 Å². The number of amides is 5. The second kappa shape index (κ2) is 5.46. The van der Waals surface area contributed by atoms with Crippen molar-refractivity contribution in [1.82, 2.24) is 15.1 Å². The third-order valence-corrected chi connectivity index (χ3v) is 4.17. The molecule has 0 aromatic carbocycles. The van der Waals surface area contributed by atoms with Crippen LogP contribution in [0.2, 0.25) is 0 Å². The summed E-state index contributed by atoms with van der Waals surface area (Å²) in [6.07, 6.45) is 2.95. The first-order valence-electron chi connectivity index (χ1n) is 7.24. The molecule has 2 saturated heterocycles. The molecule has 0 radical (unpaired) electrons. The van der Waals surface area contributed by atoms with Gasteiger partial charge in [0.1, 0.15) is 11.5 Å². The van der Waals surface area contributed by atoms with E-state index in [1.165, 1.54) is 20.8 Å². The molecule has 116 valence electrons. The van der Waals surface area contributed by atoms with Gasteiger partial charge in [0.2, 0.25) is 17.7 Å². The number of likely N-dealkylation sites (tertiary alicyclic amines) is 1. The van der Waals surface area contributed by atoms with Crippen LogP contribution in [0.5, 0.6) is 0 Å². The average Bonchev–Trinajstić information content (AvgIpc) is 2.45. The van der Waals surface area contributed by atoms with E-state index in [4.69, 9.17) is 0 Å². The number of hydrogen-bond acceptors (Lipinski definition) is 4. The summed E-state index contributed by atoms with van der Waals surface area (Å²) < 4.78 is 0. The monoisotopic (exact) mass is 295 g/mol. The minimum Gasteiger partial charge on any atom is -0.341 e. The number of nitrogens with zero attached hydrogens (tertiary/aromatic N) is 2. The van der Waals surface area contributed by atoms with Crippen LogP contribution in [-0.2, 0) is 14.4 Å². The number of carbonyl (C=O) groups excluding carboxylic acids is 4. The topological polar surface area (TPSA) is 86.8 Å². The highest BCUT2D eigenvalue weighted by atomic mass is 16.2. The van der Waals surface area contributed by atoms with Gasteiger partial charge in [0.05, 0.1) is 0 Å². The molecular weight excluding hydrogens is 274 g/mol. The van der Waals surface area contributed by atoms with E-state index in [0.29, 0.717) is 13.1 Å². The van der Waals surface area contributed by atoms with Crippen molar-refractivity contribution in [2.45, 2.75) is 46.1 Å². The maximum Gasteiger partial charge on any atom is 0.331 e. The van der Waals surface area contributed by atoms with Crippen LogP contribution >= 0.6 is 0 Å². The summed E-state index contributed by atoms with van der Waals surface area (Å²) in [6, 6.07) is -1.72. The van der Waals surface area contributed by atoms with Gasteiger partial charge in [0, 0.05) is 13.1 Å². The fourth-order valence-electron chi connectivity index (χ4n) is 2.64. The van der Waals surface area contributed by atoms with E-state index in [2.05, 4.69) is 5.32 Å². The summed E-state index contributed by atoms with van der Waals surface area (Å²) in [6.45, 7) is 5.72. The van der Waals surface area contributed by atoms with Gasteiger partial charge in [-0.1, -0.05) is 0 Å². The zero-order valence-corrected chi connectivity index (χ0v) is 12.6. The third-order valence-electron chi connectivity index (χ3n) is 4.17. The largest absolute Gasteiger partial charge is 0.341 e. The first-order valence-corrected chi connectivity index (χ1v) is 7.24. The lowest BCUT2D eigenvalue weighted by atomic mass is 9.88. The molecule has 2 aliphatic heterocycles. The average molecular weight is 295 g/mol. The third kappa shape index (κ3) is 2.64. The van der Waals surface area contributed by atoms with Crippen LogP contribution in [0.25, 0.3) is 0 Å². The fourth-order valence-corrected chi connectivity index (χ4v) is 2.64. The van der Waals surface area contributed by atoms with E-state index in [1.54, 1.807) is 4.90 Å². The van der Waals surface area contributed by atoms with Gasteiger partial charge in [0.15, 0.2) is 0 Å². The second-order valence-electron chi connectivity index (χ2n) is 6.12. The van der Waals surface area contributed by atoms with E-state index >= 15 is 0 Å².